The lowest BCUT2D eigenvalue weighted by Crippen LogP contribution is -2.29. The Balaban J connectivity index is 1.44. The lowest BCUT2D eigenvalue weighted by molar-refractivity contribution is 0.0784. The molecule has 0 radical (unpaired) electrons. The third-order valence-corrected chi connectivity index (χ3v) is 5.54. The van der Waals surface area contributed by atoms with E-state index in [1.54, 1.807) is 53.8 Å². The highest BCUT2D eigenvalue weighted by Crippen LogP contribution is 2.30. The second kappa shape index (κ2) is 9.12. The van der Waals surface area contributed by atoms with E-state index in [-0.39, 0.29) is 17.6 Å². The fourth-order valence-electron chi connectivity index (χ4n) is 3.90. The van der Waals surface area contributed by atoms with Crippen molar-refractivity contribution in [3.63, 3.8) is 0 Å². The number of amides is 1. The number of benzene rings is 1. The summed E-state index contributed by atoms with van der Waals surface area (Å²) in [5.74, 6) is 0.753. The van der Waals surface area contributed by atoms with Crippen molar-refractivity contribution in [2.24, 2.45) is 0 Å². The first-order chi connectivity index (χ1) is 16.2. The molecule has 1 amide bonds. The van der Waals surface area contributed by atoms with E-state index < -0.39 is 0 Å². The maximum absolute atomic E-state index is 13.7. The van der Waals surface area contributed by atoms with Crippen LogP contribution in [0.4, 0.5) is 15.9 Å². The molecular formula is C25H21FN6O. The Hall–Kier alpha value is -4.20. The predicted molar refractivity (Wildman–Crippen MR) is 122 cm³/mol. The Morgan fingerprint density at radius 1 is 1.00 bits per heavy atom. The number of carbonyl (C=O) groups is 1. The van der Waals surface area contributed by atoms with Crippen molar-refractivity contribution < 1.29 is 9.18 Å². The van der Waals surface area contributed by atoms with Gasteiger partial charge in [-0.15, -0.1) is 0 Å². The molecule has 0 saturated carbocycles. The molecule has 1 fully saturated rings. The highest BCUT2D eigenvalue weighted by atomic mass is 19.1. The highest BCUT2D eigenvalue weighted by Gasteiger charge is 2.30. The van der Waals surface area contributed by atoms with Crippen LogP contribution in [0.5, 0.6) is 0 Å². The molecule has 0 spiro atoms. The summed E-state index contributed by atoms with van der Waals surface area (Å²) in [5.41, 5.74) is 2.66. The second-order valence-corrected chi connectivity index (χ2v) is 7.82. The summed E-state index contributed by atoms with van der Waals surface area (Å²) < 4.78 is 13.7. The maximum atomic E-state index is 13.7. The molecule has 5 rings (SSSR count). The Morgan fingerprint density at radius 2 is 1.88 bits per heavy atom. The number of halogens is 1. The number of likely N-dealkylation sites (tertiary alicyclic amines) is 1. The number of hydrogen-bond donors (Lipinski definition) is 1. The number of hydrogen-bond acceptors (Lipinski definition) is 6. The number of pyridine rings is 2. The number of aromatic nitrogens is 4. The number of rotatable bonds is 5. The molecule has 4 heterocycles. The van der Waals surface area contributed by atoms with Crippen molar-refractivity contribution in [1.29, 1.82) is 0 Å². The summed E-state index contributed by atoms with van der Waals surface area (Å²) >= 11 is 0. The van der Waals surface area contributed by atoms with Crippen LogP contribution in [0.3, 0.4) is 0 Å². The van der Waals surface area contributed by atoms with Crippen molar-refractivity contribution in [2.75, 3.05) is 18.4 Å². The Bertz CT molecular complexity index is 1270. The van der Waals surface area contributed by atoms with Crippen LogP contribution in [-0.2, 0) is 0 Å². The highest BCUT2D eigenvalue weighted by molar-refractivity contribution is 5.92. The van der Waals surface area contributed by atoms with Gasteiger partial charge in [0.25, 0.3) is 5.91 Å². The lowest BCUT2D eigenvalue weighted by Gasteiger charge is -2.16. The SMILES string of the molecule is O=C(c1ccccn1)N1CC[C@@H](c2nc(Nc3cccc(F)c3)cc(-c3ccncc3)n2)C1. The monoisotopic (exact) mass is 440 g/mol. The van der Waals surface area contributed by atoms with Gasteiger partial charge < -0.3 is 10.2 Å². The minimum atomic E-state index is -0.330. The summed E-state index contributed by atoms with van der Waals surface area (Å²) in [4.78, 5) is 32.4. The summed E-state index contributed by atoms with van der Waals surface area (Å²) in [7, 11) is 0. The van der Waals surface area contributed by atoms with Gasteiger partial charge >= 0.3 is 0 Å². The van der Waals surface area contributed by atoms with Gasteiger partial charge in [0, 0.05) is 54.9 Å². The first-order valence-electron chi connectivity index (χ1n) is 10.7. The van der Waals surface area contributed by atoms with Crippen LogP contribution in [0.1, 0.15) is 28.7 Å². The lowest BCUT2D eigenvalue weighted by atomic mass is 10.1. The smallest absolute Gasteiger partial charge is 0.272 e. The molecule has 33 heavy (non-hydrogen) atoms. The van der Waals surface area contributed by atoms with Crippen molar-refractivity contribution in [1.82, 2.24) is 24.8 Å². The topological polar surface area (TPSA) is 83.9 Å². The van der Waals surface area contributed by atoms with Gasteiger partial charge in [0.05, 0.1) is 5.69 Å². The number of anilines is 2. The normalized spacial score (nSPS) is 15.4. The summed E-state index contributed by atoms with van der Waals surface area (Å²) in [5, 5.41) is 3.18. The molecule has 0 aliphatic carbocycles. The zero-order chi connectivity index (χ0) is 22.6. The molecule has 4 aromatic rings. The molecule has 1 N–H and O–H groups in total. The fraction of sp³-hybridized carbons (Fsp3) is 0.160. The Morgan fingerprint density at radius 3 is 2.67 bits per heavy atom. The van der Waals surface area contributed by atoms with Gasteiger partial charge in [0.2, 0.25) is 0 Å². The molecule has 1 atom stereocenters. The number of nitrogens with one attached hydrogen (secondary N) is 1. The Labute approximate surface area is 190 Å². The molecule has 8 heteroatoms. The van der Waals surface area contributed by atoms with Gasteiger partial charge in [-0.1, -0.05) is 12.1 Å². The third-order valence-electron chi connectivity index (χ3n) is 5.54. The maximum Gasteiger partial charge on any atom is 0.272 e. The molecule has 1 aromatic carbocycles. The average Bonchev–Trinajstić information content (AvgIpc) is 3.35. The van der Waals surface area contributed by atoms with Crippen LogP contribution in [-0.4, -0.2) is 43.8 Å². The van der Waals surface area contributed by atoms with Gasteiger partial charge in [0.1, 0.15) is 23.2 Å². The third kappa shape index (κ3) is 4.69. The van der Waals surface area contributed by atoms with Crippen LogP contribution in [0.15, 0.2) is 79.3 Å². The van der Waals surface area contributed by atoms with E-state index in [9.17, 15) is 9.18 Å². The van der Waals surface area contributed by atoms with E-state index in [4.69, 9.17) is 9.97 Å². The van der Waals surface area contributed by atoms with E-state index in [2.05, 4.69) is 15.3 Å². The molecule has 0 unspecified atom stereocenters. The summed E-state index contributed by atoms with van der Waals surface area (Å²) in [6.07, 6.45) is 5.78. The van der Waals surface area contributed by atoms with E-state index in [1.807, 2.05) is 18.2 Å². The zero-order valence-corrected chi connectivity index (χ0v) is 17.7. The van der Waals surface area contributed by atoms with Gasteiger partial charge in [0.15, 0.2) is 0 Å². The molecule has 0 bridgehead atoms. The largest absolute Gasteiger partial charge is 0.340 e. The van der Waals surface area contributed by atoms with E-state index >= 15 is 0 Å². The first kappa shape index (κ1) is 20.7. The van der Waals surface area contributed by atoms with Crippen molar-refractivity contribution in [2.45, 2.75) is 12.3 Å². The molecule has 7 nitrogen and oxygen atoms in total. The average molecular weight is 440 g/mol. The summed E-state index contributed by atoms with van der Waals surface area (Å²) in [6, 6.07) is 17.1. The van der Waals surface area contributed by atoms with Crippen LogP contribution >= 0.6 is 0 Å². The van der Waals surface area contributed by atoms with Crippen LogP contribution in [0, 0.1) is 5.82 Å². The van der Waals surface area contributed by atoms with Gasteiger partial charge in [-0.2, -0.15) is 0 Å². The molecule has 1 aliphatic rings. The summed E-state index contributed by atoms with van der Waals surface area (Å²) in [6.45, 7) is 1.12. The minimum Gasteiger partial charge on any atom is -0.340 e. The molecular weight excluding hydrogens is 419 g/mol. The van der Waals surface area contributed by atoms with E-state index in [0.717, 1.165) is 17.7 Å². The fourth-order valence-corrected chi connectivity index (χ4v) is 3.90. The van der Waals surface area contributed by atoms with Crippen LogP contribution < -0.4 is 5.32 Å². The molecule has 3 aromatic heterocycles. The molecule has 1 saturated heterocycles. The quantitative estimate of drug-likeness (QED) is 0.494. The van der Waals surface area contributed by atoms with Gasteiger partial charge in [-0.25, -0.2) is 14.4 Å². The van der Waals surface area contributed by atoms with Gasteiger partial charge in [-0.3, -0.25) is 14.8 Å². The van der Waals surface area contributed by atoms with Crippen LogP contribution in [0.2, 0.25) is 0 Å². The standard InChI is InChI=1S/C25H21FN6O/c26-19-4-3-5-20(14-19)29-23-15-22(17-7-11-27-12-8-17)30-24(31-23)18-9-13-32(16-18)25(33)21-6-1-2-10-28-21/h1-8,10-12,14-15,18H,9,13,16H2,(H,29,30,31)/t18-/m1/s1. The number of carbonyl (C=O) groups excluding carboxylic acids is 1. The minimum absolute atomic E-state index is 0.0208. The number of nitrogens with zero attached hydrogens (tertiary/aromatic N) is 5. The van der Waals surface area contributed by atoms with E-state index in [0.29, 0.717) is 36.1 Å². The van der Waals surface area contributed by atoms with Crippen molar-refractivity contribution in [3.05, 3.63) is 96.6 Å². The molecule has 1 aliphatic heterocycles. The Kier molecular flexibility index (Phi) is 5.72. The molecule has 164 valence electrons. The zero-order valence-electron chi connectivity index (χ0n) is 17.7. The van der Waals surface area contributed by atoms with E-state index in [1.165, 1.54) is 12.1 Å². The first-order valence-corrected chi connectivity index (χ1v) is 10.7. The van der Waals surface area contributed by atoms with Crippen molar-refractivity contribution >= 4 is 17.4 Å². The van der Waals surface area contributed by atoms with Crippen molar-refractivity contribution in [3.8, 4) is 11.3 Å². The predicted octanol–water partition coefficient (Wildman–Crippen LogP) is 4.45. The van der Waals surface area contributed by atoms with Gasteiger partial charge in [-0.05, 0) is 48.9 Å². The van der Waals surface area contributed by atoms with Crippen LogP contribution in [0.25, 0.3) is 11.3 Å². The second-order valence-electron chi connectivity index (χ2n) is 7.82.